The Bertz CT molecular complexity index is 157. The van der Waals surface area contributed by atoms with Gasteiger partial charge in [-0.25, -0.2) is 0 Å². The minimum Gasteiger partial charge on any atom is -0.313 e. The Kier molecular flexibility index (Phi) is 8.96. The molecular formula is C14H32N2. The Balaban J connectivity index is 4.15. The maximum Gasteiger partial charge on any atom is 0.0220 e. The van der Waals surface area contributed by atoms with Crippen molar-refractivity contribution in [2.45, 2.75) is 78.4 Å². The molecule has 2 unspecified atom stereocenters. The molecule has 0 aliphatic rings. The maximum absolute atomic E-state index is 3.57. The SMILES string of the molecule is CCCC(C)N(C)C(CCC)CNC(C)C. The Morgan fingerprint density at radius 2 is 1.56 bits per heavy atom. The molecule has 0 aromatic heterocycles. The van der Waals surface area contributed by atoms with E-state index in [1.54, 1.807) is 0 Å². The number of nitrogens with one attached hydrogen (secondary N) is 1. The summed E-state index contributed by atoms with van der Waals surface area (Å²) >= 11 is 0. The molecule has 2 nitrogen and oxygen atoms in total. The van der Waals surface area contributed by atoms with E-state index in [1.807, 2.05) is 0 Å². The van der Waals surface area contributed by atoms with Gasteiger partial charge in [-0.2, -0.15) is 0 Å². The van der Waals surface area contributed by atoms with Crippen molar-refractivity contribution in [3.8, 4) is 0 Å². The van der Waals surface area contributed by atoms with E-state index in [-0.39, 0.29) is 0 Å². The van der Waals surface area contributed by atoms with Crippen LogP contribution in [-0.2, 0) is 0 Å². The second-order valence-electron chi connectivity index (χ2n) is 5.31. The molecule has 2 atom stereocenters. The molecule has 0 amide bonds. The Morgan fingerprint density at radius 1 is 1.00 bits per heavy atom. The van der Waals surface area contributed by atoms with Crippen molar-refractivity contribution in [1.82, 2.24) is 10.2 Å². The van der Waals surface area contributed by atoms with Gasteiger partial charge in [0.2, 0.25) is 0 Å². The molecule has 0 heterocycles. The van der Waals surface area contributed by atoms with E-state index in [9.17, 15) is 0 Å². The van der Waals surface area contributed by atoms with Crippen molar-refractivity contribution in [2.24, 2.45) is 0 Å². The van der Waals surface area contributed by atoms with Gasteiger partial charge in [0.1, 0.15) is 0 Å². The van der Waals surface area contributed by atoms with Crippen molar-refractivity contribution in [1.29, 1.82) is 0 Å². The average molecular weight is 228 g/mol. The zero-order chi connectivity index (χ0) is 12.6. The van der Waals surface area contributed by atoms with Crippen LogP contribution in [0.4, 0.5) is 0 Å². The van der Waals surface area contributed by atoms with Crippen molar-refractivity contribution in [3.05, 3.63) is 0 Å². The predicted molar refractivity (Wildman–Crippen MR) is 74.0 cm³/mol. The highest BCUT2D eigenvalue weighted by Crippen LogP contribution is 2.12. The van der Waals surface area contributed by atoms with Gasteiger partial charge in [0, 0.05) is 24.7 Å². The van der Waals surface area contributed by atoms with Gasteiger partial charge in [0.05, 0.1) is 0 Å². The van der Waals surface area contributed by atoms with E-state index in [1.165, 1.54) is 25.7 Å². The fraction of sp³-hybridized carbons (Fsp3) is 1.00. The lowest BCUT2D eigenvalue weighted by molar-refractivity contribution is 0.160. The molecule has 16 heavy (non-hydrogen) atoms. The van der Waals surface area contributed by atoms with Gasteiger partial charge in [-0.1, -0.05) is 40.5 Å². The van der Waals surface area contributed by atoms with Crippen LogP contribution in [0.5, 0.6) is 0 Å². The standard InChI is InChI=1S/C14H32N2/c1-7-9-13(5)16(6)14(10-8-2)11-15-12(3)4/h12-15H,7-11H2,1-6H3. The summed E-state index contributed by atoms with van der Waals surface area (Å²) < 4.78 is 0. The number of likely N-dealkylation sites (N-methyl/N-ethyl adjacent to an activating group) is 1. The van der Waals surface area contributed by atoms with Crippen LogP contribution in [0.3, 0.4) is 0 Å². The van der Waals surface area contributed by atoms with Gasteiger partial charge in [0.15, 0.2) is 0 Å². The first-order valence-electron chi connectivity index (χ1n) is 6.98. The molecule has 1 N–H and O–H groups in total. The predicted octanol–water partition coefficient (Wildman–Crippen LogP) is 3.27. The van der Waals surface area contributed by atoms with E-state index in [4.69, 9.17) is 0 Å². The summed E-state index contributed by atoms with van der Waals surface area (Å²) in [6.07, 6.45) is 5.15. The summed E-state index contributed by atoms with van der Waals surface area (Å²) in [6.45, 7) is 12.5. The van der Waals surface area contributed by atoms with Crippen LogP contribution in [0.15, 0.2) is 0 Å². The topological polar surface area (TPSA) is 15.3 Å². The van der Waals surface area contributed by atoms with E-state index in [0.717, 1.165) is 6.54 Å². The molecule has 98 valence electrons. The van der Waals surface area contributed by atoms with E-state index >= 15 is 0 Å². The molecule has 0 aromatic rings. The second kappa shape index (κ2) is 9.00. The van der Waals surface area contributed by atoms with Crippen molar-refractivity contribution in [2.75, 3.05) is 13.6 Å². The number of nitrogens with zero attached hydrogens (tertiary/aromatic N) is 1. The first-order valence-corrected chi connectivity index (χ1v) is 6.98. The lowest BCUT2D eigenvalue weighted by Crippen LogP contribution is -2.45. The summed E-state index contributed by atoms with van der Waals surface area (Å²) in [5, 5.41) is 3.57. The van der Waals surface area contributed by atoms with E-state index in [0.29, 0.717) is 18.1 Å². The normalized spacial score (nSPS) is 15.8. The lowest BCUT2D eigenvalue weighted by atomic mass is 10.1. The van der Waals surface area contributed by atoms with Gasteiger partial charge < -0.3 is 5.32 Å². The molecule has 0 bridgehead atoms. The number of hydrogen-bond acceptors (Lipinski definition) is 2. The molecule has 2 heteroatoms. The highest BCUT2D eigenvalue weighted by atomic mass is 15.2. The first-order chi connectivity index (χ1) is 7.52. The molecule has 0 saturated carbocycles. The third-order valence-electron chi connectivity index (χ3n) is 3.36. The first kappa shape index (κ1) is 15.9. The van der Waals surface area contributed by atoms with E-state index < -0.39 is 0 Å². The highest BCUT2D eigenvalue weighted by molar-refractivity contribution is 4.76. The maximum atomic E-state index is 3.57. The summed E-state index contributed by atoms with van der Waals surface area (Å²) in [6, 6.07) is 1.98. The van der Waals surface area contributed by atoms with Gasteiger partial charge >= 0.3 is 0 Å². The van der Waals surface area contributed by atoms with Gasteiger partial charge in [-0.3, -0.25) is 4.90 Å². The minimum absolute atomic E-state index is 0.592. The molecule has 0 aliphatic heterocycles. The third kappa shape index (κ3) is 6.49. The molecule has 0 fully saturated rings. The lowest BCUT2D eigenvalue weighted by Gasteiger charge is -2.34. The van der Waals surface area contributed by atoms with Crippen molar-refractivity contribution < 1.29 is 0 Å². The summed E-state index contributed by atoms with van der Waals surface area (Å²) in [4.78, 5) is 2.56. The molecule has 0 saturated heterocycles. The van der Waals surface area contributed by atoms with Crippen molar-refractivity contribution in [3.63, 3.8) is 0 Å². The smallest absolute Gasteiger partial charge is 0.0220 e. The van der Waals surface area contributed by atoms with Gasteiger partial charge in [-0.05, 0) is 26.8 Å². The summed E-state index contributed by atoms with van der Waals surface area (Å²) in [5.74, 6) is 0. The fourth-order valence-electron chi connectivity index (χ4n) is 2.14. The fourth-order valence-corrected chi connectivity index (χ4v) is 2.14. The van der Waals surface area contributed by atoms with Gasteiger partial charge in [0.25, 0.3) is 0 Å². The highest BCUT2D eigenvalue weighted by Gasteiger charge is 2.18. The van der Waals surface area contributed by atoms with Crippen LogP contribution >= 0.6 is 0 Å². The van der Waals surface area contributed by atoms with Crippen LogP contribution in [0.1, 0.15) is 60.3 Å². The number of hydrogen-bond donors (Lipinski definition) is 1. The summed E-state index contributed by atoms with van der Waals surface area (Å²) in [5.41, 5.74) is 0. The zero-order valence-electron chi connectivity index (χ0n) is 12.2. The number of rotatable bonds is 9. The Morgan fingerprint density at radius 3 is 2.00 bits per heavy atom. The van der Waals surface area contributed by atoms with Crippen molar-refractivity contribution >= 4 is 0 Å². The van der Waals surface area contributed by atoms with E-state index in [2.05, 4.69) is 51.9 Å². The molecule has 0 spiro atoms. The van der Waals surface area contributed by atoms with Crippen LogP contribution in [0, 0.1) is 0 Å². The van der Waals surface area contributed by atoms with Crippen LogP contribution in [0.2, 0.25) is 0 Å². The Labute approximate surface area is 103 Å². The zero-order valence-corrected chi connectivity index (χ0v) is 12.2. The van der Waals surface area contributed by atoms with Gasteiger partial charge in [-0.15, -0.1) is 0 Å². The molecular weight excluding hydrogens is 196 g/mol. The monoisotopic (exact) mass is 228 g/mol. The quantitative estimate of drug-likeness (QED) is 0.651. The van der Waals surface area contributed by atoms with Crippen LogP contribution in [0.25, 0.3) is 0 Å². The third-order valence-corrected chi connectivity index (χ3v) is 3.36. The molecule has 0 aliphatic carbocycles. The molecule has 0 radical (unpaired) electrons. The average Bonchev–Trinajstić information content (AvgIpc) is 2.23. The minimum atomic E-state index is 0.592. The summed E-state index contributed by atoms with van der Waals surface area (Å²) in [7, 11) is 2.28. The van der Waals surface area contributed by atoms with Crippen LogP contribution in [-0.4, -0.2) is 36.6 Å². The molecule has 0 aromatic carbocycles. The largest absolute Gasteiger partial charge is 0.313 e. The Hall–Kier alpha value is -0.0800. The second-order valence-corrected chi connectivity index (χ2v) is 5.31. The van der Waals surface area contributed by atoms with Crippen LogP contribution < -0.4 is 5.32 Å². The molecule has 0 rings (SSSR count).